The number of carbonyl (C=O) groups is 2. The van der Waals surface area contributed by atoms with Crippen molar-refractivity contribution in [3.63, 3.8) is 0 Å². The Hall–Kier alpha value is -3.97. The van der Waals surface area contributed by atoms with E-state index < -0.39 is 17.7 Å². The first-order valence-corrected chi connectivity index (χ1v) is 11.7. The number of anilines is 1. The van der Waals surface area contributed by atoms with Gasteiger partial charge >= 0.3 is 0 Å². The predicted octanol–water partition coefficient (Wildman–Crippen LogP) is 5.77. The molecule has 1 amide bonds. The molecule has 3 aromatic carbocycles. The quantitative estimate of drug-likeness (QED) is 0.248. The van der Waals surface area contributed by atoms with Crippen LogP contribution in [-0.2, 0) is 9.59 Å². The third-order valence-electron chi connectivity index (χ3n) is 5.76. The monoisotopic (exact) mass is 507 g/mol. The Morgan fingerprint density at radius 2 is 1.67 bits per heavy atom. The van der Waals surface area contributed by atoms with E-state index in [1.54, 1.807) is 67.8 Å². The number of ketones is 1. The number of nitrogens with zero attached hydrogens (tertiary/aromatic N) is 1. The largest absolute Gasteiger partial charge is 0.507 e. The van der Waals surface area contributed by atoms with Gasteiger partial charge in [0.05, 0.1) is 37.5 Å². The summed E-state index contributed by atoms with van der Waals surface area (Å²) in [6, 6.07) is 17.6. The summed E-state index contributed by atoms with van der Waals surface area (Å²) in [5.41, 5.74) is 1.18. The number of rotatable bonds is 7. The molecule has 0 bridgehead atoms. The van der Waals surface area contributed by atoms with E-state index in [9.17, 15) is 14.7 Å². The molecule has 0 saturated carbocycles. The van der Waals surface area contributed by atoms with Crippen LogP contribution in [-0.4, -0.2) is 37.1 Å². The predicted molar refractivity (Wildman–Crippen MR) is 138 cm³/mol. The Morgan fingerprint density at radius 3 is 2.31 bits per heavy atom. The lowest BCUT2D eigenvalue weighted by molar-refractivity contribution is -0.132. The zero-order chi connectivity index (χ0) is 26.0. The summed E-state index contributed by atoms with van der Waals surface area (Å²) in [6.45, 7) is 3.81. The van der Waals surface area contributed by atoms with Gasteiger partial charge in [0, 0.05) is 10.7 Å². The minimum Gasteiger partial charge on any atom is -0.507 e. The molecule has 0 aliphatic carbocycles. The Balaban J connectivity index is 1.96. The van der Waals surface area contributed by atoms with Gasteiger partial charge in [0.25, 0.3) is 11.7 Å². The maximum absolute atomic E-state index is 13.4. The van der Waals surface area contributed by atoms with Gasteiger partial charge in [-0.1, -0.05) is 23.7 Å². The number of carbonyl (C=O) groups excluding carboxylic acids is 2. The average Bonchev–Trinajstić information content (AvgIpc) is 3.13. The number of Topliss-reactive ketones (excluding diaryl/α,β-unsaturated/α-hetero) is 1. The summed E-state index contributed by atoms with van der Waals surface area (Å²) in [5.74, 6) is -0.508. The van der Waals surface area contributed by atoms with Crippen LogP contribution in [0.5, 0.6) is 17.2 Å². The molecule has 0 radical (unpaired) electrons. The smallest absolute Gasteiger partial charge is 0.300 e. The van der Waals surface area contributed by atoms with E-state index in [0.29, 0.717) is 33.5 Å². The molecule has 1 unspecified atom stereocenters. The van der Waals surface area contributed by atoms with Crippen molar-refractivity contribution < 1.29 is 28.9 Å². The van der Waals surface area contributed by atoms with Crippen molar-refractivity contribution >= 4 is 34.7 Å². The molecule has 0 spiro atoms. The van der Waals surface area contributed by atoms with E-state index in [-0.39, 0.29) is 23.0 Å². The van der Waals surface area contributed by atoms with Crippen molar-refractivity contribution in [3.8, 4) is 17.2 Å². The van der Waals surface area contributed by atoms with Crippen LogP contribution in [0.1, 0.15) is 31.0 Å². The number of amides is 1. The fraction of sp³-hybridized carbons (Fsp3) is 0.214. The van der Waals surface area contributed by atoms with Gasteiger partial charge in [0.2, 0.25) is 0 Å². The molecule has 1 N–H and O–H groups in total. The van der Waals surface area contributed by atoms with Crippen molar-refractivity contribution in [1.29, 1.82) is 0 Å². The Morgan fingerprint density at radius 1 is 0.944 bits per heavy atom. The highest BCUT2D eigenvalue weighted by Crippen LogP contribution is 2.44. The average molecular weight is 508 g/mol. The third kappa shape index (κ3) is 4.75. The molecule has 1 aliphatic heterocycles. The number of benzene rings is 3. The Bertz CT molecular complexity index is 1330. The number of methoxy groups -OCH3 is 2. The van der Waals surface area contributed by atoms with Gasteiger partial charge in [-0.3, -0.25) is 14.5 Å². The molecule has 36 heavy (non-hydrogen) atoms. The van der Waals surface area contributed by atoms with E-state index in [1.165, 1.54) is 18.1 Å². The van der Waals surface area contributed by atoms with Crippen LogP contribution in [0.3, 0.4) is 0 Å². The molecule has 1 saturated heterocycles. The molecule has 0 aromatic heterocycles. The van der Waals surface area contributed by atoms with E-state index in [0.717, 1.165) is 0 Å². The molecule has 1 atom stereocenters. The van der Waals surface area contributed by atoms with E-state index in [4.69, 9.17) is 25.8 Å². The van der Waals surface area contributed by atoms with Crippen molar-refractivity contribution in [2.24, 2.45) is 0 Å². The molecular weight excluding hydrogens is 482 g/mol. The lowest BCUT2D eigenvalue weighted by Crippen LogP contribution is -2.29. The first kappa shape index (κ1) is 25.1. The molecular formula is C28H26ClNO6. The molecule has 186 valence electrons. The van der Waals surface area contributed by atoms with Crippen molar-refractivity contribution in [2.75, 3.05) is 19.1 Å². The van der Waals surface area contributed by atoms with Crippen molar-refractivity contribution in [2.45, 2.75) is 26.0 Å². The standard InChI is InChI=1S/C28H26ClNO6/c1-16(2)36-21-7-5-6-17(14-21)25-24(26(31)22-15-18(29)8-13-23(22)35-4)27(32)28(33)30(25)19-9-11-20(34-3)12-10-19/h5-16,25,31H,1-4H3/b26-24+. The van der Waals surface area contributed by atoms with Crippen LogP contribution in [0, 0.1) is 0 Å². The highest BCUT2D eigenvalue weighted by atomic mass is 35.5. The first-order valence-electron chi connectivity index (χ1n) is 11.3. The van der Waals surface area contributed by atoms with Gasteiger partial charge in [-0.15, -0.1) is 0 Å². The summed E-state index contributed by atoms with van der Waals surface area (Å²) >= 11 is 6.19. The summed E-state index contributed by atoms with van der Waals surface area (Å²) in [6.07, 6.45) is -0.0797. The second-order valence-corrected chi connectivity index (χ2v) is 8.89. The van der Waals surface area contributed by atoms with Gasteiger partial charge in [-0.2, -0.15) is 0 Å². The SMILES string of the molecule is COc1ccc(N2C(=O)C(=O)/C(=C(/O)c3cc(Cl)ccc3OC)C2c2cccc(OC(C)C)c2)cc1. The summed E-state index contributed by atoms with van der Waals surface area (Å²) in [4.78, 5) is 28.2. The van der Waals surface area contributed by atoms with Crippen LogP contribution >= 0.6 is 11.6 Å². The molecule has 4 rings (SSSR count). The number of aliphatic hydroxyl groups is 1. The molecule has 7 nitrogen and oxygen atoms in total. The van der Waals surface area contributed by atoms with Crippen molar-refractivity contribution in [3.05, 3.63) is 88.5 Å². The summed E-state index contributed by atoms with van der Waals surface area (Å²) < 4.78 is 16.5. The van der Waals surface area contributed by atoms with E-state index in [1.807, 2.05) is 13.8 Å². The number of ether oxygens (including phenoxy) is 3. The van der Waals surface area contributed by atoms with Gasteiger partial charge < -0.3 is 19.3 Å². The van der Waals surface area contributed by atoms with Crippen LogP contribution in [0.25, 0.3) is 5.76 Å². The van der Waals surface area contributed by atoms with Gasteiger partial charge in [-0.25, -0.2) is 0 Å². The molecule has 1 fully saturated rings. The zero-order valence-corrected chi connectivity index (χ0v) is 21.1. The summed E-state index contributed by atoms with van der Waals surface area (Å²) in [5, 5.41) is 11.8. The highest BCUT2D eigenvalue weighted by Gasteiger charge is 2.47. The summed E-state index contributed by atoms with van der Waals surface area (Å²) in [7, 11) is 2.99. The molecule has 1 heterocycles. The number of hydrogen-bond acceptors (Lipinski definition) is 6. The lowest BCUT2D eigenvalue weighted by atomic mass is 9.94. The maximum atomic E-state index is 13.4. The molecule has 1 aliphatic rings. The van der Waals surface area contributed by atoms with Crippen LogP contribution in [0.15, 0.2) is 72.3 Å². The lowest BCUT2D eigenvalue weighted by Gasteiger charge is -2.26. The number of hydrogen-bond donors (Lipinski definition) is 1. The Kier molecular flexibility index (Phi) is 7.22. The topological polar surface area (TPSA) is 85.3 Å². The van der Waals surface area contributed by atoms with Crippen molar-refractivity contribution in [1.82, 2.24) is 0 Å². The number of aliphatic hydroxyl groups excluding tert-OH is 1. The minimum absolute atomic E-state index is 0.0797. The fourth-order valence-electron chi connectivity index (χ4n) is 4.20. The zero-order valence-electron chi connectivity index (χ0n) is 20.3. The first-order chi connectivity index (χ1) is 17.2. The maximum Gasteiger partial charge on any atom is 0.300 e. The second kappa shape index (κ2) is 10.3. The Labute approximate surface area is 214 Å². The van der Waals surface area contributed by atoms with E-state index >= 15 is 0 Å². The minimum atomic E-state index is -0.933. The fourth-order valence-corrected chi connectivity index (χ4v) is 4.37. The van der Waals surface area contributed by atoms with Gasteiger partial charge in [0.15, 0.2) is 0 Å². The number of halogens is 1. The van der Waals surface area contributed by atoms with E-state index in [2.05, 4.69) is 0 Å². The van der Waals surface area contributed by atoms with Gasteiger partial charge in [0.1, 0.15) is 23.0 Å². The van der Waals surface area contributed by atoms with Gasteiger partial charge in [-0.05, 0) is 74.0 Å². The van der Waals surface area contributed by atoms with Crippen LogP contribution in [0.2, 0.25) is 5.02 Å². The molecule has 3 aromatic rings. The third-order valence-corrected chi connectivity index (χ3v) is 5.99. The van der Waals surface area contributed by atoms with Crippen LogP contribution < -0.4 is 19.1 Å². The highest BCUT2D eigenvalue weighted by molar-refractivity contribution is 6.51. The molecule has 8 heteroatoms. The second-order valence-electron chi connectivity index (χ2n) is 8.45. The van der Waals surface area contributed by atoms with Crippen LogP contribution in [0.4, 0.5) is 5.69 Å². The normalized spacial score (nSPS) is 16.9.